The van der Waals surface area contributed by atoms with Gasteiger partial charge >= 0.3 is 0 Å². The minimum Gasteiger partial charge on any atom is -0.381 e. The van der Waals surface area contributed by atoms with Crippen molar-refractivity contribution in [3.63, 3.8) is 0 Å². The van der Waals surface area contributed by atoms with Gasteiger partial charge in [-0.25, -0.2) is 8.42 Å². The predicted octanol–water partition coefficient (Wildman–Crippen LogP) is 1.41. The van der Waals surface area contributed by atoms with E-state index in [4.69, 9.17) is 4.74 Å². The lowest BCUT2D eigenvalue weighted by Gasteiger charge is -2.22. The van der Waals surface area contributed by atoms with Crippen LogP contribution in [0.5, 0.6) is 0 Å². The average Bonchev–Trinajstić information content (AvgIpc) is 3.00. The van der Waals surface area contributed by atoms with E-state index in [2.05, 4.69) is 0 Å². The molecule has 22 heavy (non-hydrogen) atoms. The summed E-state index contributed by atoms with van der Waals surface area (Å²) in [6, 6.07) is 9.29. The first-order valence-corrected chi connectivity index (χ1v) is 9.42. The summed E-state index contributed by atoms with van der Waals surface area (Å²) >= 11 is 0. The first-order valence-electron chi connectivity index (χ1n) is 7.71. The van der Waals surface area contributed by atoms with Crippen LogP contribution in [-0.4, -0.2) is 51.3 Å². The molecule has 0 spiro atoms. The minimum atomic E-state index is -3.23. The molecule has 0 bridgehead atoms. The van der Waals surface area contributed by atoms with Crippen LogP contribution in [0.1, 0.15) is 23.7 Å². The maximum atomic E-state index is 12.5. The number of carbonyl (C=O) groups excluding carboxylic acids is 1. The van der Waals surface area contributed by atoms with E-state index < -0.39 is 15.1 Å². The van der Waals surface area contributed by atoms with Crippen molar-refractivity contribution < 1.29 is 17.9 Å². The molecule has 1 amide bonds. The van der Waals surface area contributed by atoms with Crippen LogP contribution in [0.25, 0.3) is 0 Å². The number of rotatable bonds is 2. The van der Waals surface area contributed by atoms with Crippen molar-refractivity contribution in [3.05, 3.63) is 35.9 Å². The van der Waals surface area contributed by atoms with Crippen molar-refractivity contribution in [1.82, 2.24) is 4.90 Å². The molecule has 5 nitrogen and oxygen atoms in total. The average molecular weight is 323 g/mol. The molecule has 2 aliphatic heterocycles. The molecule has 0 aliphatic carbocycles. The number of carbonyl (C=O) groups is 1. The fourth-order valence-corrected chi connectivity index (χ4v) is 4.99. The number of amides is 1. The maximum Gasteiger partial charge on any atom is 0.228 e. The Morgan fingerprint density at radius 3 is 2.59 bits per heavy atom. The first kappa shape index (κ1) is 15.5. The quantitative estimate of drug-likeness (QED) is 0.825. The second kappa shape index (κ2) is 6.38. The Kier molecular flexibility index (Phi) is 4.49. The van der Waals surface area contributed by atoms with E-state index in [1.165, 1.54) is 0 Å². The summed E-state index contributed by atoms with van der Waals surface area (Å²) in [5, 5.41) is -0.508. The zero-order valence-electron chi connectivity index (χ0n) is 12.5. The summed E-state index contributed by atoms with van der Waals surface area (Å²) in [5.74, 6) is -0.0244. The molecular formula is C16H21NO4S. The summed E-state index contributed by atoms with van der Waals surface area (Å²) in [4.78, 5) is 14.2. The summed E-state index contributed by atoms with van der Waals surface area (Å²) < 4.78 is 30.3. The van der Waals surface area contributed by atoms with Crippen LogP contribution in [-0.2, 0) is 19.4 Å². The molecule has 1 aromatic rings. The highest BCUT2D eigenvalue weighted by Gasteiger charge is 2.35. The zero-order valence-corrected chi connectivity index (χ0v) is 13.3. The molecule has 0 aromatic heterocycles. The predicted molar refractivity (Wildman–Crippen MR) is 83.1 cm³/mol. The van der Waals surface area contributed by atoms with Gasteiger partial charge in [-0.2, -0.15) is 0 Å². The van der Waals surface area contributed by atoms with E-state index in [9.17, 15) is 13.2 Å². The summed E-state index contributed by atoms with van der Waals surface area (Å²) in [6.45, 7) is 1.87. The highest BCUT2D eigenvalue weighted by molar-refractivity contribution is 7.91. The van der Waals surface area contributed by atoms with Crippen LogP contribution in [0.4, 0.5) is 0 Å². The van der Waals surface area contributed by atoms with Crippen molar-refractivity contribution in [2.75, 3.05) is 32.1 Å². The second-order valence-electron chi connectivity index (χ2n) is 5.94. The van der Waals surface area contributed by atoms with E-state index in [1.54, 1.807) is 4.90 Å². The molecule has 2 aliphatic rings. The first-order chi connectivity index (χ1) is 10.6. The van der Waals surface area contributed by atoms with Gasteiger partial charge in [-0.1, -0.05) is 30.3 Å². The van der Waals surface area contributed by atoms with Gasteiger partial charge < -0.3 is 9.64 Å². The molecule has 0 N–H and O–H groups in total. The van der Waals surface area contributed by atoms with Crippen molar-refractivity contribution >= 4 is 15.7 Å². The normalized spacial score (nSPS) is 28.3. The molecule has 2 heterocycles. The Balaban J connectivity index is 1.76. The highest BCUT2D eigenvalue weighted by atomic mass is 32.2. The smallest absolute Gasteiger partial charge is 0.228 e. The monoisotopic (exact) mass is 323 g/mol. The lowest BCUT2D eigenvalue weighted by atomic mass is 10.1. The molecule has 2 fully saturated rings. The van der Waals surface area contributed by atoms with Gasteiger partial charge in [-0.15, -0.1) is 0 Å². The number of benzene rings is 1. The summed E-state index contributed by atoms with van der Waals surface area (Å²) in [7, 11) is -3.23. The van der Waals surface area contributed by atoms with Crippen LogP contribution in [0.3, 0.4) is 0 Å². The third kappa shape index (κ3) is 3.17. The molecule has 1 aromatic carbocycles. The van der Waals surface area contributed by atoms with E-state index in [0.717, 1.165) is 12.0 Å². The van der Waals surface area contributed by atoms with Gasteiger partial charge in [0, 0.05) is 19.7 Å². The number of nitrogens with zero attached hydrogens (tertiary/aromatic N) is 1. The SMILES string of the molecule is O=C(C1CCOC1)N1CCC(c2ccccc2)S(=O)(=O)CC1. The highest BCUT2D eigenvalue weighted by Crippen LogP contribution is 2.30. The van der Waals surface area contributed by atoms with Crippen LogP contribution in [0.2, 0.25) is 0 Å². The Hall–Kier alpha value is -1.40. The van der Waals surface area contributed by atoms with E-state index in [0.29, 0.717) is 32.7 Å². The largest absolute Gasteiger partial charge is 0.381 e. The molecular weight excluding hydrogens is 302 g/mol. The van der Waals surface area contributed by atoms with Crippen molar-refractivity contribution in [1.29, 1.82) is 0 Å². The maximum absolute atomic E-state index is 12.5. The topological polar surface area (TPSA) is 63.7 Å². The second-order valence-corrected chi connectivity index (χ2v) is 8.24. The Morgan fingerprint density at radius 2 is 1.91 bits per heavy atom. The molecule has 0 saturated carbocycles. The molecule has 6 heteroatoms. The number of hydrogen-bond donors (Lipinski definition) is 0. The number of sulfone groups is 1. The van der Waals surface area contributed by atoms with Gasteiger partial charge in [-0.3, -0.25) is 4.79 Å². The lowest BCUT2D eigenvalue weighted by molar-refractivity contribution is -0.135. The van der Waals surface area contributed by atoms with Gasteiger partial charge in [0.2, 0.25) is 5.91 Å². The van der Waals surface area contributed by atoms with Crippen LogP contribution in [0, 0.1) is 5.92 Å². The van der Waals surface area contributed by atoms with E-state index in [1.807, 2.05) is 30.3 Å². The Bertz CT molecular complexity index is 623. The van der Waals surface area contributed by atoms with E-state index >= 15 is 0 Å². The van der Waals surface area contributed by atoms with Crippen LogP contribution < -0.4 is 0 Å². The summed E-state index contributed by atoms with van der Waals surface area (Å²) in [6.07, 6.45) is 1.20. The van der Waals surface area contributed by atoms with Gasteiger partial charge in [0.15, 0.2) is 9.84 Å². The van der Waals surface area contributed by atoms with Gasteiger partial charge in [0.25, 0.3) is 0 Å². The standard InChI is InChI=1S/C16H21NO4S/c18-16(14-7-10-21-12-14)17-8-6-15(22(19,20)11-9-17)13-4-2-1-3-5-13/h1-5,14-15H,6-12H2. The van der Waals surface area contributed by atoms with Gasteiger partial charge in [0.1, 0.15) is 0 Å². The number of hydrogen-bond acceptors (Lipinski definition) is 4. The minimum absolute atomic E-state index is 0.0336. The van der Waals surface area contributed by atoms with E-state index in [-0.39, 0.29) is 17.6 Å². The fourth-order valence-electron chi connectivity index (χ4n) is 3.19. The third-order valence-corrected chi connectivity index (χ3v) is 6.63. The number of ether oxygens (including phenoxy) is 1. The van der Waals surface area contributed by atoms with Crippen molar-refractivity contribution in [2.45, 2.75) is 18.1 Å². The van der Waals surface area contributed by atoms with Gasteiger partial charge in [0.05, 0.1) is 23.5 Å². The molecule has 2 atom stereocenters. The van der Waals surface area contributed by atoms with Crippen LogP contribution in [0.15, 0.2) is 30.3 Å². The molecule has 3 rings (SSSR count). The molecule has 2 unspecified atom stereocenters. The molecule has 0 radical (unpaired) electrons. The third-order valence-electron chi connectivity index (χ3n) is 4.50. The fraction of sp³-hybridized carbons (Fsp3) is 0.562. The van der Waals surface area contributed by atoms with Crippen molar-refractivity contribution in [3.8, 4) is 0 Å². The van der Waals surface area contributed by atoms with Gasteiger partial charge in [-0.05, 0) is 18.4 Å². The summed E-state index contributed by atoms with van der Waals surface area (Å²) in [5.41, 5.74) is 0.820. The zero-order chi connectivity index (χ0) is 15.6. The lowest BCUT2D eigenvalue weighted by Crippen LogP contribution is -2.38. The Morgan fingerprint density at radius 1 is 1.14 bits per heavy atom. The van der Waals surface area contributed by atoms with Crippen molar-refractivity contribution in [2.24, 2.45) is 5.92 Å². The Labute approximate surface area is 131 Å². The molecule has 120 valence electrons. The van der Waals surface area contributed by atoms with Crippen LogP contribution >= 0.6 is 0 Å². The molecule has 2 saturated heterocycles.